The molecule has 92 heavy (non-hydrogen) atoms. The van der Waals surface area contributed by atoms with Gasteiger partial charge in [-0.2, -0.15) is 0 Å². The number of benzene rings is 1. The Kier molecular flexibility index (Phi) is 33.7. The number of aromatic amines is 1. The normalized spacial score (nSPS) is 14.1. The number of hydrogen-bond acceptors (Lipinski definition) is 20. The van der Waals surface area contributed by atoms with Gasteiger partial charge in [0.15, 0.2) is 11.9 Å². The van der Waals surface area contributed by atoms with Crippen LogP contribution >= 0.6 is 0 Å². The smallest absolute Gasteiger partial charge is 0.326 e. The van der Waals surface area contributed by atoms with Crippen molar-refractivity contribution in [3.8, 4) is 5.75 Å². The highest BCUT2D eigenvalue weighted by atomic mass is 16.4. The van der Waals surface area contributed by atoms with E-state index in [0.29, 0.717) is 12.0 Å². The van der Waals surface area contributed by atoms with Gasteiger partial charge in [-0.1, -0.05) is 12.1 Å². The predicted molar refractivity (Wildman–Crippen MR) is 319 cm³/mol. The topological polar surface area (TPSA) is 678 Å². The first-order valence-corrected chi connectivity index (χ1v) is 28.4. The number of amides is 9. The number of H-pyrrole nitrogens is 1. The molecule has 508 valence electrons. The first-order chi connectivity index (χ1) is 43.3. The molecule has 1 aromatic carbocycles. The first-order valence-electron chi connectivity index (χ1n) is 28.4. The van der Waals surface area contributed by atoms with Crippen molar-refractivity contribution >= 4 is 94.9 Å². The second-order valence-electron chi connectivity index (χ2n) is 20.7. The average Bonchev–Trinajstić information content (AvgIpc) is 1.13. The minimum Gasteiger partial charge on any atom is -0.508 e. The fourth-order valence-electron chi connectivity index (χ4n) is 8.37. The number of guanidine groups is 2. The summed E-state index contributed by atoms with van der Waals surface area (Å²) in [4.78, 5) is 198. The van der Waals surface area contributed by atoms with Crippen LogP contribution in [0.1, 0.15) is 95.2 Å². The molecule has 0 saturated heterocycles. The number of nitrogens with one attached hydrogen (secondary N) is 10. The summed E-state index contributed by atoms with van der Waals surface area (Å²) in [6, 6.07) is -12.1. The lowest BCUT2D eigenvalue weighted by Gasteiger charge is -2.27. The number of imidazole rings is 1. The van der Waals surface area contributed by atoms with Crippen LogP contribution in [-0.4, -0.2) is 216 Å². The summed E-state index contributed by atoms with van der Waals surface area (Å²) in [5.41, 5.74) is 33.3. The fourth-order valence-corrected chi connectivity index (χ4v) is 8.37. The molecule has 39 nitrogen and oxygen atoms in total. The van der Waals surface area contributed by atoms with E-state index < -0.39 is 182 Å². The van der Waals surface area contributed by atoms with Gasteiger partial charge in [-0.25, -0.2) is 9.78 Å². The molecule has 0 saturated carbocycles. The molecule has 28 N–H and O–H groups in total. The zero-order valence-corrected chi connectivity index (χ0v) is 50.0. The van der Waals surface area contributed by atoms with Gasteiger partial charge in [0.1, 0.15) is 60.1 Å². The second-order valence-corrected chi connectivity index (χ2v) is 20.7. The van der Waals surface area contributed by atoms with Crippen molar-refractivity contribution in [3.05, 3.63) is 48.0 Å². The number of carbonyl (C=O) groups excluding carboxylic acids is 9. The molecular formula is C53H81N19O20. The molecule has 9 amide bonds. The molecular weight excluding hydrogens is 1220 g/mol. The maximum absolute atomic E-state index is 14.3. The van der Waals surface area contributed by atoms with Crippen LogP contribution in [0.2, 0.25) is 0 Å². The van der Waals surface area contributed by atoms with Crippen molar-refractivity contribution in [2.24, 2.45) is 44.4 Å². The Bertz CT molecular complexity index is 2940. The molecule has 1 aromatic heterocycles. The average molecular weight is 1300 g/mol. The summed E-state index contributed by atoms with van der Waals surface area (Å²) >= 11 is 0. The van der Waals surface area contributed by atoms with Crippen LogP contribution in [0.5, 0.6) is 5.75 Å². The zero-order chi connectivity index (χ0) is 69.2. The summed E-state index contributed by atoms with van der Waals surface area (Å²) in [6.07, 6.45) is -3.17. The van der Waals surface area contributed by atoms with Crippen LogP contribution in [0.4, 0.5) is 0 Å². The fraction of sp³-hybridized carbons (Fsp3) is 0.528. The monoisotopic (exact) mass is 1300 g/mol. The van der Waals surface area contributed by atoms with Crippen molar-refractivity contribution in [1.29, 1.82) is 0 Å². The van der Waals surface area contributed by atoms with Gasteiger partial charge in [0.05, 0.1) is 31.6 Å². The van der Waals surface area contributed by atoms with Crippen LogP contribution < -0.4 is 82.3 Å². The number of aliphatic carboxylic acids is 5. The molecule has 0 unspecified atom stereocenters. The highest BCUT2D eigenvalue weighted by Gasteiger charge is 2.37. The number of phenolic OH excluding ortho intramolecular Hbond substituents is 1. The quantitative estimate of drug-likeness (QED) is 0.0166. The van der Waals surface area contributed by atoms with Crippen LogP contribution in [0.15, 0.2) is 46.8 Å². The number of nitrogens with two attached hydrogens (primary N) is 6. The van der Waals surface area contributed by atoms with E-state index in [9.17, 15) is 92.7 Å². The molecule has 0 aliphatic heterocycles. The lowest BCUT2D eigenvalue weighted by molar-refractivity contribution is -0.142. The Balaban J connectivity index is 2.46. The minimum atomic E-state index is -2.17. The molecule has 1 heterocycles. The third kappa shape index (κ3) is 30.5. The number of rotatable bonds is 44. The Morgan fingerprint density at radius 3 is 1.34 bits per heavy atom. The Morgan fingerprint density at radius 2 is 0.880 bits per heavy atom. The molecule has 0 aliphatic rings. The van der Waals surface area contributed by atoms with Gasteiger partial charge >= 0.3 is 29.8 Å². The third-order valence-electron chi connectivity index (χ3n) is 13.1. The van der Waals surface area contributed by atoms with E-state index in [-0.39, 0.29) is 87.9 Å². The van der Waals surface area contributed by atoms with Crippen LogP contribution in [0, 0.1) is 0 Å². The van der Waals surface area contributed by atoms with E-state index in [1.807, 2.05) is 0 Å². The molecule has 10 atom stereocenters. The van der Waals surface area contributed by atoms with E-state index in [1.165, 1.54) is 36.8 Å². The second kappa shape index (κ2) is 40.0. The third-order valence-corrected chi connectivity index (χ3v) is 13.1. The molecule has 2 aromatic rings. The van der Waals surface area contributed by atoms with Gasteiger partial charge < -0.3 is 118 Å². The lowest BCUT2D eigenvalue weighted by atomic mass is 10.0. The predicted octanol–water partition coefficient (Wildman–Crippen LogP) is -7.78. The number of phenols is 1. The molecule has 0 aliphatic carbocycles. The number of carbonyl (C=O) groups is 14. The van der Waals surface area contributed by atoms with Gasteiger partial charge in [-0.15, -0.1) is 0 Å². The van der Waals surface area contributed by atoms with E-state index in [4.69, 9.17) is 39.5 Å². The van der Waals surface area contributed by atoms with Gasteiger partial charge in [0, 0.05) is 44.2 Å². The lowest BCUT2D eigenvalue weighted by Crippen LogP contribution is -2.61. The summed E-state index contributed by atoms with van der Waals surface area (Å²) in [5, 5.41) is 78.7. The zero-order valence-electron chi connectivity index (χ0n) is 50.0. The van der Waals surface area contributed by atoms with Crippen molar-refractivity contribution < 1.29 is 97.8 Å². The van der Waals surface area contributed by atoms with E-state index in [2.05, 4.69) is 67.8 Å². The SMILES string of the molecule is C[C@H](NC(=O)[C@H](CCCCN)NC(=O)[C@H](CCCN=C(N)N)NC(=O)[C@@H](N)CC(=O)O)C(=O)N[C@@H](CC(=O)O)C(=O)N[C@@H](CCC(=O)O)C(=O)N[C@@H](CC(=O)O)C(=O)N[C@@H](Cc1cnc[nH]1)C(=O)N[C@@H](Cc1ccc(O)cc1)C(=O)N[C@@H](CCCN=C(N)N)C(=O)O. The summed E-state index contributed by atoms with van der Waals surface area (Å²) in [7, 11) is 0. The number of aliphatic imine (C=N–C) groups is 2. The maximum atomic E-state index is 14.3. The number of unbranched alkanes of at least 4 members (excludes halogenated alkanes) is 1. The highest BCUT2D eigenvalue weighted by molar-refractivity contribution is 6.00. The maximum Gasteiger partial charge on any atom is 0.326 e. The standard InChI is InChI=1S/C53H81N19O20/c1-25(64-44(84)30(6-2-3-15-54)66-45(85)31(7-4-16-61-52(56)57)65-43(83)29(55)20-39(76)77)42(82)69-36(21-40(78)79)49(89)67-32(13-14-38(74)75)46(86)72-37(22-41(80)81)50(90)71-35(19-27-23-60-24-63-27)48(88)70-34(18-26-9-11-28(73)12-10-26)47(87)68-33(51(91)92)8-5-17-62-53(58)59/h9-12,23-25,29-37,73H,2-8,13-22,54-55H2,1H3,(H,60,63)(H,64,84)(H,65,83)(H,66,85)(H,67,89)(H,68,87)(H,69,82)(H,70,88)(H,71,90)(H,72,86)(H,74,75)(H,76,77)(H,78,79)(H,80,81)(H,91,92)(H4,56,57,61)(H4,58,59,62)/t25-,29-,30-,31-,32-,33-,34-,35-,36-,37-/m0/s1. The molecule has 39 heteroatoms. The molecule has 0 bridgehead atoms. The van der Waals surface area contributed by atoms with Gasteiger partial charge in [-0.05, 0) is 82.5 Å². The van der Waals surface area contributed by atoms with E-state index in [1.54, 1.807) is 0 Å². The van der Waals surface area contributed by atoms with E-state index >= 15 is 0 Å². The Morgan fingerprint density at radius 1 is 0.478 bits per heavy atom. The Labute approximate surface area is 524 Å². The van der Waals surface area contributed by atoms with Crippen molar-refractivity contribution in [2.75, 3.05) is 19.6 Å². The highest BCUT2D eigenvalue weighted by Crippen LogP contribution is 2.14. The van der Waals surface area contributed by atoms with Gasteiger partial charge in [-0.3, -0.25) is 72.3 Å². The largest absolute Gasteiger partial charge is 0.508 e. The summed E-state index contributed by atoms with van der Waals surface area (Å²) < 4.78 is 0. The van der Waals surface area contributed by atoms with Crippen LogP contribution in [-0.2, 0) is 80.0 Å². The Hall–Kier alpha value is -10.7. The van der Waals surface area contributed by atoms with Crippen molar-refractivity contribution in [3.63, 3.8) is 0 Å². The summed E-state index contributed by atoms with van der Waals surface area (Å²) in [5.74, 6) is -19.4. The number of aromatic hydroxyl groups is 1. The summed E-state index contributed by atoms with van der Waals surface area (Å²) in [6.45, 7) is 1.20. The minimum absolute atomic E-state index is 0.00654. The van der Waals surface area contributed by atoms with Crippen LogP contribution in [0.3, 0.4) is 0 Å². The van der Waals surface area contributed by atoms with Crippen LogP contribution in [0.25, 0.3) is 0 Å². The molecule has 0 fully saturated rings. The van der Waals surface area contributed by atoms with Crippen molar-refractivity contribution in [1.82, 2.24) is 57.8 Å². The van der Waals surface area contributed by atoms with Crippen molar-refractivity contribution in [2.45, 2.75) is 157 Å². The number of carboxylic acid groups (broad SMARTS) is 5. The number of nitrogens with zero attached hydrogens (tertiary/aromatic N) is 3. The number of aromatic nitrogens is 2. The molecule has 0 spiro atoms. The number of carboxylic acids is 5. The number of hydrogen-bond donors (Lipinski definition) is 22. The first kappa shape index (κ1) is 77.4. The molecule has 2 rings (SSSR count). The van der Waals surface area contributed by atoms with E-state index in [0.717, 1.165) is 6.92 Å². The van der Waals surface area contributed by atoms with Gasteiger partial charge in [0.25, 0.3) is 0 Å². The molecule has 0 radical (unpaired) electrons. The van der Waals surface area contributed by atoms with Gasteiger partial charge in [0.2, 0.25) is 53.2 Å².